The first-order chi connectivity index (χ1) is 9.33. The second-order valence-corrected chi connectivity index (χ2v) is 4.91. The minimum Gasteiger partial charge on any atom is -0.393 e. The summed E-state index contributed by atoms with van der Waals surface area (Å²) >= 11 is 0. The van der Waals surface area contributed by atoms with Crippen LogP contribution in [0.15, 0.2) is 43.0 Å². The van der Waals surface area contributed by atoms with Crippen LogP contribution in [0, 0.1) is 0 Å². The molecule has 0 radical (unpaired) electrons. The van der Waals surface area contributed by atoms with E-state index in [1.165, 1.54) is 5.56 Å². The van der Waals surface area contributed by atoms with Gasteiger partial charge in [-0.25, -0.2) is 0 Å². The summed E-state index contributed by atoms with van der Waals surface area (Å²) in [4.78, 5) is 0. The molecule has 19 heavy (non-hydrogen) atoms. The highest BCUT2D eigenvalue weighted by Gasteiger charge is 2.02. The van der Waals surface area contributed by atoms with E-state index in [1.54, 1.807) is 0 Å². The number of aliphatic hydroxyl groups excluding tert-OH is 1. The van der Waals surface area contributed by atoms with Crippen molar-refractivity contribution in [2.24, 2.45) is 0 Å². The van der Waals surface area contributed by atoms with E-state index in [2.05, 4.69) is 18.7 Å². The molecule has 0 spiro atoms. The molecule has 106 valence electrons. The molecule has 0 aromatic heterocycles. The smallest absolute Gasteiger partial charge is 0.0716 e. The molecule has 2 nitrogen and oxygen atoms in total. The molecule has 0 aliphatic heterocycles. The third-order valence-corrected chi connectivity index (χ3v) is 3.14. The van der Waals surface area contributed by atoms with Gasteiger partial charge in [-0.1, -0.05) is 49.2 Å². The Balaban J connectivity index is 1.90. The molecule has 0 unspecified atom stereocenters. The van der Waals surface area contributed by atoms with Crippen LogP contribution in [0.1, 0.15) is 44.1 Å². The molecule has 1 aromatic rings. The normalized spacial score (nSPS) is 12.3. The zero-order chi connectivity index (χ0) is 13.8. The number of hydrogen-bond acceptors (Lipinski definition) is 2. The molecule has 0 fully saturated rings. The molecule has 0 aliphatic carbocycles. The Bertz CT molecular complexity index is 321. The average Bonchev–Trinajstić information content (AvgIpc) is 2.45. The van der Waals surface area contributed by atoms with Gasteiger partial charge in [0.05, 0.1) is 12.7 Å². The fraction of sp³-hybridized carbons (Fsp3) is 0.529. The third kappa shape index (κ3) is 8.57. The van der Waals surface area contributed by atoms with Gasteiger partial charge in [-0.3, -0.25) is 0 Å². The number of aliphatic hydroxyl groups is 1. The van der Waals surface area contributed by atoms with Crippen LogP contribution in [0.3, 0.4) is 0 Å². The topological polar surface area (TPSA) is 29.5 Å². The summed E-state index contributed by atoms with van der Waals surface area (Å²) < 4.78 is 5.62. The van der Waals surface area contributed by atoms with Crippen molar-refractivity contribution in [3.8, 4) is 0 Å². The molecule has 1 rings (SSSR count). The highest BCUT2D eigenvalue weighted by atomic mass is 16.5. The van der Waals surface area contributed by atoms with E-state index < -0.39 is 0 Å². The zero-order valence-electron chi connectivity index (χ0n) is 11.8. The maximum Gasteiger partial charge on any atom is 0.0716 e. The number of hydrogen-bond donors (Lipinski definition) is 1. The van der Waals surface area contributed by atoms with E-state index in [4.69, 9.17) is 4.74 Å². The van der Waals surface area contributed by atoms with Crippen LogP contribution in [0.4, 0.5) is 0 Å². The van der Waals surface area contributed by atoms with Crippen molar-refractivity contribution in [2.45, 2.75) is 51.2 Å². The first kappa shape index (κ1) is 15.9. The summed E-state index contributed by atoms with van der Waals surface area (Å²) in [7, 11) is 0. The number of allylic oxidation sites excluding steroid dienone is 1. The first-order valence-corrected chi connectivity index (χ1v) is 7.23. The van der Waals surface area contributed by atoms with Crippen molar-refractivity contribution in [1.29, 1.82) is 0 Å². The summed E-state index contributed by atoms with van der Waals surface area (Å²) in [6, 6.07) is 10.2. The molecule has 0 saturated heterocycles. The molecular formula is C17H26O2. The second kappa shape index (κ2) is 10.8. The summed E-state index contributed by atoms with van der Waals surface area (Å²) in [5, 5.41) is 9.65. The molecule has 1 aromatic carbocycles. The van der Waals surface area contributed by atoms with Crippen molar-refractivity contribution < 1.29 is 9.84 Å². The van der Waals surface area contributed by atoms with Crippen molar-refractivity contribution in [2.75, 3.05) is 6.61 Å². The van der Waals surface area contributed by atoms with Gasteiger partial charge in [0.15, 0.2) is 0 Å². The maximum absolute atomic E-state index is 9.65. The molecule has 0 bridgehead atoms. The number of benzene rings is 1. The number of unbranched alkanes of at least 4 members (excludes halogenated alkanes) is 2. The standard InChI is InChI=1S/C17H26O2/c1-2-3-12-17(18)13-8-5-9-14-19-15-16-10-6-4-7-11-16/h2,4,6-7,10-11,17-18H,1,3,5,8-9,12-15H2/t17-/m0/s1. The van der Waals surface area contributed by atoms with Crippen LogP contribution in [-0.2, 0) is 11.3 Å². The zero-order valence-corrected chi connectivity index (χ0v) is 11.8. The number of ether oxygens (including phenoxy) is 1. The Morgan fingerprint density at radius 2 is 1.89 bits per heavy atom. The lowest BCUT2D eigenvalue weighted by Crippen LogP contribution is -2.05. The Morgan fingerprint density at radius 1 is 1.11 bits per heavy atom. The number of rotatable bonds is 11. The van der Waals surface area contributed by atoms with E-state index in [0.717, 1.165) is 45.1 Å². The lowest BCUT2D eigenvalue weighted by Gasteiger charge is -2.09. The molecule has 1 N–H and O–H groups in total. The van der Waals surface area contributed by atoms with E-state index in [0.29, 0.717) is 6.61 Å². The van der Waals surface area contributed by atoms with Gasteiger partial charge >= 0.3 is 0 Å². The van der Waals surface area contributed by atoms with Crippen molar-refractivity contribution in [3.63, 3.8) is 0 Å². The lowest BCUT2D eigenvalue weighted by atomic mass is 10.1. The van der Waals surface area contributed by atoms with Crippen molar-refractivity contribution in [1.82, 2.24) is 0 Å². The molecule has 0 saturated carbocycles. The Labute approximate surface area is 117 Å². The van der Waals surface area contributed by atoms with Crippen molar-refractivity contribution in [3.05, 3.63) is 48.6 Å². The van der Waals surface area contributed by atoms with Crippen LogP contribution >= 0.6 is 0 Å². The van der Waals surface area contributed by atoms with Gasteiger partial charge in [-0.2, -0.15) is 0 Å². The van der Waals surface area contributed by atoms with E-state index in [1.807, 2.05) is 24.3 Å². The van der Waals surface area contributed by atoms with E-state index >= 15 is 0 Å². The lowest BCUT2D eigenvalue weighted by molar-refractivity contribution is 0.113. The maximum atomic E-state index is 9.65. The highest BCUT2D eigenvalue weighted by Crippen LogP contribution is 2.09. The van der Waals surface area contributed by atoms with Crippen molar-refractivity contribution >= 4 is 0 Å². The van der Waals surface area contributed by atoms with Crippen LogP contribution in [0.5, 0.6) is 0 Å². The summed E-state index contributed by atoms with van der Waals surface area (Å²) in [5.74, 6) is 0. The Hall–Kier alpha value is -1.12. The molecule has 2 heteroatoms. The van der Waals surface area contributed by atoms with Crippen LogP contribution in [0.2, 0.25) is 0 Å². The summed E-state index contributed by atoms with van der Waals surface area (Å²) in [6.07, 6.45) is 7.61. The van der Waals surface area contributed by atoms with Gasteiger partial charge in [-0.05, 0) is 31.2 Å². The summed E-state index contributed by atoms with van der Waals surface area (Å²) in [6.45, 7) is 5.16. The summed E-state index contributed by atoms with van der Waals surface area (Å²) in [5.41, 5.74) is 1.22. The van der Waals surface area contributed by atoms with Crippen LogP contribution in [-0.4, -0.2) is 17.8 Å². The average molecular weight is 262 g/mol. The van der Waals surface area contributed by atoms with Gasteiger partial charge < -0.3 is 9.84 Å². The molecule has 0 aliphatic rings. The molecule has 0 amide bonds. The monoisotopic (exact) mass is 262 g/mol. The quantitative estimate of drug-likeness (QED) is 0.481. The van der Waals surface area contributed by atoms with Gasteiger partial charge in [0.1, 0.15) is 0 Å². The van der Waals surface area contributed by atoms with Crippen LogP contribution < -0.4 is 0 Å². The second-order valence-electron chi connectivity index (χ2n) is 4.91. The highest BCUT2D eigenvalue weighted by molar-refractivity contribution is 5.13. The van der Waals surface area contributed by atoms with Crippen LogP contribution in [0.25, 0.3) is 0 Å². The molecular weight excluding hydrogens is 236 g/mol. The Kier molecular flexibility index (Phi) is 9.03. The largest absolute Gasteiger partial charge is 0.393 e. The van der Waals surface area contributed by atoms with Gasteiger partial charge in [0.2, 0.25) is 0 Å². The molecule has 1 atom stereocenters. The Morgan fingerprint density at radius 3 is 2.63 bits per heavy atom. The van der Waals surface area contributed by atoms with E-state index in [9.17, 15) is 5.11 Å². The van der Waals surface area contributed by atoms with E-state index in [-0.39, 0.29) is 6.10 Å². The van der Waals surface area contributed by atoms with Gasteiger partial charge in [0.25, 0.3) is 0 Å². The fourth-order valence-electron chi connectivity index (χ4n) is 1.98. The minimum atomic E-state index is -0.164. The fourth-order valence-corrected chi connectivity index (χ4v) is 1.98. The predicted octanol–water partition coefficient (Wildman–Crippen LogP) is 4.09. The SMILES string of the molecule is C=CCC[C@H](O)CCCCCOCc1ccccc1. The third-order valence-electron chi connectivity index (χ3n) is 3.14. The first-order valence-electron chi connectivity index (χ1n) is 7.23. The van der Waals surface area contributed by atoms with Gasteiger partial charge in [-0.15, -0.1) is 6.58 Å². The molecule has 0 heterocycles. The van der Waals surface area contributed by atoms with Gasteiger partial charge in [0, 0.05) is 6.61 Å². The minimum absolute atomic E-state index is 0.164. The predicted molar refractivity (Wildman–Crippen MR) is 80.0 cm³/mol.